The Morgan fingerprint density at radius 1 is 1.24 bits per heavy atom. The van der Waals surface area contributed by atoms with E-state index in [-0.39, 0.29) is 11.4 Å². The first-order chi connectivity index (χ1) is 11.8. The highest BCUT2D eigenvalue weighted by Crippen LogP contribution is 2.40. The van der Waals surface area contributed by atoms with Crippen molar-refractivity contribution in [2.45, 2.75) is 53.9 Å². The smallest absolute Gasteiger partial charge is 0.331 e. The van der Waals surface area contributed by atoms with E-state index in [1.54, 1.807) is 0 Å². The van der Waals surface area contributed by atoms with Crippen molar-refractivity contribution in [3.8, 4) is 0 Å². The third-order valence-corrected chi connectivity index (χ3v) is 4.64. The van der Waals surface area contributed by atoms with Gasteiger partial charge in [0.05, 0.1) is 0 Å². The summed E-state index contributed by atoms with van der Waals surface area (Å²) < 4.78 is 4.97. The molecule has 0 aromatic carbocycles. The minimum atomic E-state index is -0.321. The van der Waals surface area contributed by atoms with Gasteiger partial charge in [0.2, 0.25) is 0 Å². The molecule has 0 aromatic heterocycles. The predicted octanol–water partition coefficient (Wildman–Crippen LogP) is 5.99. The number of hydrogen-bond donors (Lipinski definition) is 1. The zero-order valence-corrected chi connectivity index (χ0v) is 17.2. The second-order valence-electron chi connectivity index (χ2n) is 7.31. The molecule has 0 unspecified atom stereocenters. The Morgan fingerprint density at radius 3 is 2.60 bits per heavy atom. The maximum Gasteiger partial charge on any atom is 0.331 e. The molecule has 25 heavy (non-hydrogen) atoms. The van der Waals surface area contributed by atoms with Crippen LogP contribution in [0, 0.1) is 5.41 Å². The highest BCUT2D eigenvalue weighted by atomic mass is 32.1. The van der Waals surface area contributed by atoms with Gasteiger partial charge in [-0.25, -0.2) is 4.79 Å². The molecule has 0 spiro atoms. The summed E-state index contributed by atoms with van der Waals surface area (Å²) in [4.78, 5) is 11.5. The van der Waals surface area contributed by atoms with E-state index in [0.29, 0.717) is 12.4 Å². The lowest BCUT2D eigenvalue weighted by Gasteiger charge is -2.32. The minimum absolute atomic E-state index is 0.266. The summed E-state index contributed by atoms with van der Waals surface area (Å²) in [5.74, 6) is 0.217. The second-order valence-corrected chi connectivity index (χ2v) is 7.76. The predicted molar refractivity (Wildman–Crippen MR) is 111 cm³/mol. The summed E-state index contributed by atoms with van der Waals surface area (Å²) >= 11 is 4.01. The van der Waals surface area contributed by atoms with E-state index in [9.17, 15) is 4.79 Å². The van der Waals surface area contributed by atoms with Crippen molar-refractivity contribution in [1.29, 1.82) is 0 Å². The SMILES string of the molecule is CC1=C(/C=C/C(C)=C/C=C/C(C)=C/C(=O)OCCS)C(C)(C)CCC1. The summed E-state index contributed by atoms with van der Waals surface area (Å²) in [5.41, 5.74) is 5.29. The van der Waals surface area contributed by atoms with Gasteiger partial charge in [-0.2, -0.15) is 12.6 Å². The maximum absolute atomic E-state index is 11.5. The molecule has 1 aliphatic rings. The molecule has 2 nitrogen and oxygen atoms in total. The Labute approximate surface area is 158 Å². The zero-order chi connectivity index (χ0) is 18.9. The van der Waals surface area contributed by atoms with Gasteiger partial charge in [-0.3, -0.25) is 0 Å². The number of thiol groups is 1. The largest absolute Gasteiger partial charge is 0.462 e. The quantitative estimate of drug-likeness (QED) is 0.261. The Morgan fingerprint density at radius 2 is 1.96 bits per heavy atom. The highest BCUT2D eigenvalue weighted by molar-refractivity contribution is 7.80. The molecule has 0 aromatic rings. The number of ether oxygens (including phenoxy) is 1. The number of hydrogen-bond acceptors (Lipinski definition) is 3. The van der Waals surface area contributed by atoms with Crippen molar-refractivity contribution in [1.82, 2.24) is 0 Å². The van der Waals surface area contributed by atoms with Crippen LogP contribution in [-0.4, -0.2) is 18.3 Å². The lowest BCUT2D eigenvalue weighted by molar-refractivity contribution is -0.137. The Balaban J connectivity index is 2.69. The fourth-order valence-corrected chi connectivity index (χ4v) is 3.15. The fraction of sp³-hybridized carbons (Fsp3) is 0.500. The molecule has 0 bridgehead atoms. The molecule has 1 rings (SSSR count). The number of allylic oxidation sites excluding steroid dienone is 9. The fourth-order valence-electron chi connectivity index (χ4n) is 3.05. The van der Waals surface area contributed by atoms with Crippen LogP contribution in [0.3, 0.4) is 0 Å². The summed E-state index contributed by atoms with van der Waals surface area (Å²) in [6, 6.07) is 0. The molecule has 0 fully saturated rings. The van der Waals surface area contributed by atoms with Crippen LogP contribution < -0.4 is 0 Å². The Kier molecular flexibility index (Phi) is 9.05. The van der Waals surface area contributed by atoms with Gasteiger partial charge in [0.1, 0.15) is 6.61 Å². The van der Waals surface area contributed by atoms with Gasteiger partial charge in [-0.15, -0.1) is 0 Å². The van der Waals surface area contributed by atoms with Crippen molar-refractivity contribution in [2.24, 2.45) is 5.41 Å². The van der Waals surface area contributed by atoms with Crippen LogP contribution in [0.25, 0.3) is 0 Å². The molecule has 0 atom stereocenters. The Hall–Kier alpha value is -1.48. The first-order valence-electron chi connectivity index (χ1n) is 8.95. The zero-order valence-electron chi connectivity index (χ0n) is 16.3. The first kappa shape index (κ1) is 21.6. The van der Waals surface area contributed by atoms with E-state index in [4.69, 9.17) is 4.74 Å². The third kappa shape index (κ3) is 7.96. The molecule has 138 valence electrons. The average molecular weight is 361 g/mol. The van der Waals surface area contributed by atoms with Gasteiger partial charge in [0.25, 0.3) is 0 Å². The van der Waals surface area contributed by atoms with E-state index in [0.717, 1.165) is 5.57 Å². The molecule has 0 saturated carbocycles. The van der Waals surface area contributed by atoms with Crippen molar-refractivity contribution in [3.63, 3.8) is 0 Å². The molecule has 0 radical (unpaired) electrons. The van der Waals surface area contributed by atoms with Crippen LogP contribution in [0.5, 0.6) is 0 Å². The second kappa shape index (κ2) is 10.5. The minimum Gasteiger partial charge on any atom is -0.462 e. The van der Waals surface area contributed by atoms with Crippen LogP contribution in [0.2, 0.25) is 0 Å². The number of carbonyl (C=O) groups excluding carboxylic acids is 1. The maximum atomic E-state index is 11.5. The number of carbonyl (C=O) groups is 1. The van der Waals surface area contributed by atoms with E-state index < -0.39 is 0 Å². The van der Waals surface area contributed by atoms with Crippen LogP contribution in [-0.2, 0) is 9.53 Å². The van der Waals surface area contributed by atoms with Gasteiger partial charge in [-0.05, 0) is 56.6 Å². The molecule has 0 heterocycles. The van der Waals surface area contributed by atoms with Gasteiger partial charge in [0, 0.05) is 11.8 Å². The first-order valence-corrected chi connectivity index (χ1v) is 9.58. The lowest BCUT2D eigenvalue weighted by atomic mass is 9.72. The highest BCUT2D eigenvalue weighted by Gasteiger charge is 2.26. The van der Waals surface area contributed by atoms with Gasteiger partial charge in [0.15, 0.2) is 0 Å². The van der Waals surface area contributed by atoms with Gasteiger partial charge < -0.3 is 4.74 Å². The molecule has 0 amide bonds. The van der Waals surface area contributed by atoms with E-state index in [2.05, 4.69) is 58.6 Å². The topological polar surface area (TPSA) is 26.3 Å². The summed E-state index contributed by atoms with van der Waals surface area (Å²) in [6.45, 7) is 11.2. The third-order valence-electron chi connectivity index (χ3n) is 4.45. The summed E-state index contributed by atoms with van der Waals surface area (Å²) in [6.07, 6.45) is 15.6. The standard InChI is InChI=1S/C22H32O2S/c1-17(8-6-9-18(2)16-21(23)24-14-15-25)11-12-20-19(3)10-7-13-22(20,4)5/h6,8-9,11-12,16,25H,7,10,13-15H2,1-5H3/b9-6+,12-11+,17-8+,18-16+. The van der Waals surface area contributed by atoms with Crippen LogP contribution >= 0.6 is 12.6 Å². The van der Waals surface area contributed by atoms with Crippen molar-refractivity contribution >= 4 is 18.6 Å². The normalized spacial score (nSPS) is 19.1. The van der Waals surface area contributed by atoms with Crippen molar-refractivity contribution in [2.75, 3.05) is 12.4 Å². The molecule has 0 N–H and O–H groups in total. The van der Waals surface area contributed by atoms with Crippen molar-refractivity contribution < 1.29 is 9.53 Å². The molecular formula is C22H32O2S. The molecule has 1 aliphatic carbocycles. The molecule has 0 aliphatic heterocycles. The summed E-state index contributed by atoms with van der Waals surface area (Å²) in [5, 5.41) is 0. The number of esters is 1. The van der Waals surface area contributed by atoms with Crippen LogP contribution in [0.15, 0.2) is 58.7 Å². The lowest BCUT2D eigenvalue weighted by Crippen LogP contribution is -2.19. The average Bonchev–Trinajstić information content (AvgIpc) is 2.51. The molecule has 3 heteroatoms. The van der Waals surface area contributed by atoms with Crippen LogP contribution in [0.4, 0.5) is 0 Å². The van der Waals surface area contributed by atoms with Crippen molar-refractivity contribution in [3.05, 3.63) is 58.7 Å². The Bertz CT molecular complexity index is 616. The van der Waals surface area contributed by atoms with E-state index in [1.165, 1.54) is 42.1 Å². The van der Waals surface area contributed by atoms with Crippen LogP contribution in [0.1, 0.15) is 53.9 Å². The van der Waals surface area contributed by atoms with Gasteiger partial charge >= 0.3 is 5.97 Å². The van der Waals surface area contributed by atoms with Gasteiger partial charge in [-0.1, -0.05) is 55.4 Å². The van der Waals surface area contributed by atoms with E-state index in [1.807, 2.05) is 19.1 Å². The number of rotatable bonds is 7. The molecule has 0 saturated heterocycles. The summed E-state index contributed by atoms with van der Waals surface area (Å²) in [7, 11) is 0. The monoisotopic (exact) mass is 360 g/mol. The van der Waals surface area contributed by atoms with E-state index >= 15 is 0 Å². The molecular weight excluding hydrogens is 328 g/mol.